The molecule has 176 valence electrons. The molecule has 2 saturated heterocycles. The van der Waals surface area contributed by atoms with Crippen molar-refractivity contribution in [3.63, 3.8) is 0 Å². The Bertz CT molecular complexity index is 1180. The van der Waals surface area contributed by atoms with Gasteiger partial charge in [0.25, 0.3) is 5.91 Å². The number of amides is 1. The second-order valence-electron chi connectivity index (χ2n) is 7.49. The number of sulfone groups is 1. The van der Waals surface area contributed by atoms with Gasteiger partial charge in [-0.25, -0.2) is 8.42 Å². The maximum atomic E-state index is 12.7. The van der Waals surface area contributed by atoms with Crippen molar-refractivity contribution in [3.05, 3.63) is 54.1 Å². The van der Waals surface area contributed by atoms with Gasteiger partial charge in [-0.05, 0) is 30.3 Å². The number of aliphatic imine (C=N–C) groups is 1. The summed E-state index contributed by atoms with van der Waals surface area (Å²) >= 11 is 1.18. The van der Waals surface area contributed by atoms with E-state index in [0.717, 1.165) is 12.1 Å². The van der Waals surface area contributed by atoms with Crippen molar-refractivity contribution in [1.29, 1.82) is 0 Å². The van der Waals surface area contributed by atoms with E-state index in [-0.39, 0.29) is 23.2 Å². The Balaban J connectivity index is 1.62. The van der Waals surface area contributed by atoms with Crippen LogP contribution in [0.3, 0.4) is 0 Å². The lowest BCUT2D eigenvalue weighted by molar-refractivity contribution is -0.274. The molecule has 12 heteroatoms. The number of para-hydroxylation sites is 1. The van der Waals surface area contributed by atoms with E-state index in [9.17, 15) is 26.4 Å². The van der Waals surface area contributed by atoms with E-state index in [1.807, 2.05) is 0 Å². The predicted octanol–water partition coefficient (Wildman–Crippen LogP) is 3.44. The van der Waals surface area contributed by atoms with Gasteiger partial charge in [0, 0.05) is 16.5 Å². The van der Waals surface area contributed by atoms with Crippen LogP contribution < -0.4 is 14.4 Å². The second-order valence-corrected chi connectivity index (χ2v) is 10.8. The Morgan fingerprint density at radius 3 is 2.52 bits per heavy atom. The summed E-state index contributed by atoms with van der Waals surface area (Å²) < 4.78 is 70.9. The molecule has 0 radical (unpaired) electrons. The highest BCUT2D eigenvalue weighted by atomic mass is 32.2. The summed E-state index contributed by atoms with van der Waals surface area (Å²) in [5.74, 6) is -0.504. The number of rotatable bonds is 5. The van der Waals surface area contributed by atoms with Crippen LogP contribution in [0.15, 0.2) is 53.5 Å². The normalized spacial score (nSPS) is 22.9. The minimum absolute atomic E-state index is 0.0199. The molecule has 2 fully saturated rings. The molecule has 2 heterocycles. The van der Waals surface area contributed by atoms with Crippen LogP contribution >= 0.6 is 11.8 Å². The Labute approximate surface area is 192 Å². The zero-order valence-corrected chi connectivity index (χ0v) is 18.9. The van der Waals surface area contributed by atoms with Crippen LogP contribution in [-0.2, 0) is 21.1 Å². The number of hydrogen-bond acceptors (Lipinski definition) is 6. The molecule has 0 saturated carbocycles. The topological polar surface area (TPSA) is 85.3 Å². The number of alkyl halides is 3. The second kappa shape index (κ2) is 8.90. The van der Waals surface area contributed by atoms with Gasteiger partial charge in [0.15, 0.2) is 15.0 Å². The molecule has 0 spiro atoms. The maximum Gasteiger partial charge on any atom is 0.573 e. The van der Waals surface area contributed by atoms with E-state index < -0.39 is 33.9 Å². The average molecular weight is 501 g/mol. The fourth-order valence-electron chi connectivity index (χ4n) is 3.83. The van der Waals surface area contributed by atoms with Crippen LogP contribution in [0.25, 0.3) is 0 Å². The van der Waals surface area contributed by atoms with Gasteiger partial charge < -0.3 is 14.4 Å². The molecule has 2 aromatic rings. The molecule has 4 rings (SSSR count). The number of hydrogen-bond donors (Lipinski definition) is 0. The number of amidine groups is 1. The highest BCUT2D eigenvalue weighted by molar-refractivity contribution is 8.16. The molecule has 0 bridgehead atoms. The monoisotopic (exact) mass is 500 g/mol. The number of benzene rings is 2. The molecule has 33 heavy (non-hydrogen) atoms. The van der Waals surface area contributed by atoms with Crippen LogP contribution in [0.2, 0.25) is 0 Å². The fraction of sp³-hybridized carbons (Fsp3) is 0.333. The van der Waals surface area contributed by atoms with Crippen molar-refractivity contribution < 1.29 is 35.9 Å². The SMILES string of the molecule is COc1ccccc1CC(=O)N=C1S[C@H]2CS(=O)(=O)C[C@H]2N1c1ccc(OC(F)(F)F)cc1. The van der Waals surface area contributed by atoms with Gasteiger partial charge in [-0.1, -0.05) is 30.0 Å². The molecule has 0 aliphatic carbocycles. The van der Waals surface area contributed by atoms with Crippen LogP contribution in [-0.4, -0.2) is 55.8 Å². The van der Waals surface area contributed by atoms with Crippen LogP contribution in [0, 0.1) is 0 Å². The third-order valence-corrected chi connectivity index (χ3v) is 8.38. The Kier molecular flexibility index (Phi) is 6.32. The number of carbonyl (C=O) groups excluding carboxylic acids is 1. The minimum Gasteiger partial charge on any atom is -0.496 e. The third kappa shape index (κ3) is 5.44. The van der Waals surface area contributed by atoms with Gasteiger partial charge >= 0.3 is 6.36 Å². The summed E-state index contributed by atoms with van der Waals surface area (Å²) in [7, 11) is -1.78. The van der Waals surface area contributed by atoms with Crippen molar-refractivity contribution in [3.8, 4) is 11.5 Å². The van der Waals surface area contributed by atoms with Gasteiger partial charge in [-0.3, -0.25) is 4.79 Å². The van der Waals surface area contributed by atoms with Gasteiger partial charge in [0.1, 0.15) is 11.5 Å². The van der Waals surface area contributed by atoms with Crippen molar-refractivity contribution in [2.75, 3.05) is 23.5 Å². The molecule has 2 aliphatic heterocycles. The number of thioether (sulfide) groups is 1. The van der Waals surface area contributed by atoms with E-state index in [0.29, 0.717) is 22.2 Å². The van der Waals surface area contributed by atoms with Crippen molar-refractivity contribution in [2.24, 2.45) is 4.99 Å². The third-order valence-electron chi connectivity index (χ3n) is 5.17. The summed E-state index contributed by atoms with van der Waals surface area (Å²) in [5, 5.41) is -0.0248. The standard InChI is InChI=1S/C21H19F3N2O5S2/c1-30-17-5-3-2-4-13(17)10-19(27)25-20-26(16-11-33(28,29)12-18(16)32-20)14-6-8-15(9-7-14)31-21(22,23)24/h2-9,16,18H,10-12H2,1H3/t16-,18+/m1/s1. The molecular weight excluding hydrogens is 481 g/mol. The first-order chi connectivity index (χ1) is 15.5. The predicted molar refractivity (Wildman–Crippen MR) is 119 cm³/mol. The first-order valence-corrected chi connectivity index (χ1v) is 12.5. The molecule has 2 aromatic carbocycles. The van der Waals surface area contributed by atoms with E-state index in [2.05, 4.69) is 9.73 Å². The molecular formula is C21H19F3N2O5S2. The number of carbonyl (C=O) groups is 1. The van der Waals surface area contributed by atoms with Crippen molar-refractivity contribution in [1.82, 2.24) is 0 Å². The Hall–Kier alpha value is -2.73. The Morgan fingerprint density at radius 1 is 1.15 bits per heavy atom. The largest absolute Gasteiger partial charge is 0.573 e. The van der Waals surface area contributed by atoms with E-state index in [1.54, 1.807) is 29.2 Å². The maximum absolute atomic E-state index is 12.7. The van der Waals surface area contributed by atoms with Gasteiger partial charge in [-0.15, -0.1) is 13.2 Å². The summed E-state index contributed by atoms with van der Waals surface area (Å²) in [6.45, 7) is 0. The van der Waals surface area contributed by atoms with Gasteiger partial charge in [0.05, 0.1) is 31.1 Å². The summed E-state index contributed by atoms with van der Waals surface area (Å²) in [6, 6.07) is 11.6. The van der Waals surface area contributed by atoms with Gasteiger partial charge in [-0.2, -0.15) is 4.99 Å². The molecule has 0 N–H and O–H groups in total. The van der Waals surface area contributed by atoms with E-state index in [1.165, 1.54) is 31.0 Å². The first-order valence-electron chi connectivity index (χ1n) is 9.80. The van der Waals surface area contributed by atoms with E-state index in [4.69, 9.17) is 4.74 Å². The fourth-order valence-corrected chi connectivity index (χ4v) is 7.76. The molecule has 0 aromatic heterocycles. The average Bonchev–Trinajstić information content (AvgIpc) is 3.18. The highest BCUT2D eigenvalue weighted by Crippen LogP contribution is 2.41. The quantitative estimate of drug-likeness (QED) is 0.622. The Morgan fingerprint density at radius 2 is 1.85 bits per heavy atom. The lowest BCUT2D eigenvalue weighted by Gasteiger charge is -2.24. The first kappa shape index (κ1) is 23.4. The number of ether oxygens (including phenoxy) is 2. The summed E-state index contributed by atoms with van der Waals surface area (Å²) in [6.07, 6.45) is -4.85. The number of fused-ring (bicyclic) bond motifs is 1. The summed E-state index contributed by atoms with van der Waals surface area (Å²) in [4.78, 5) is 18.6. The number of halogens is 3. The zero-order valence-electron chi connectivity index (χ0n) is 17.3. The molecule has 7 nitrogen and oxygen atoms in total. The van der Waals surface area contributed by atoms with E-state index >= 15 is 0 Å². The molecule has 1 amide bonds. The zero-order chi connectivity index (χ0) is 23.8. The molecule has 2 atom stereocenters. The van der Waals surface area contributed by atoms with Crippen molar-refractivity contribution >= 4 is 38.4 Å². The lowest BCUT2D eigenvalue weighted by Crippen LogP contribution is -2.37. The molecule has 2 aliphatic rings. The van der Waals surface area contributed by atoms with Crippen LogP contribution in [0.4, 0.5) is 18.9 Å². The highest BCUT2D eigenvalue weighted by Gasteiger charge is 2.49. The van der Waals surface area contributed by atoms with Crippen LogP contribution in [0.1, 0.15) is 5.56 Å². The van der Waals surface area contributed by atoms with Gasteiger partial charge in [0.2, 0.25) is 0 Å². The minimum atomic E-state index is -4.83. The number of methoxy groups -OCH3 is 1. The number of nitrogens with zero attached hydrogens (tertiary/aromatic N) is 2. The molecule has 0 unspecified atom stereocenters. The van der Waals surface area contributed by atoms with Crippen molar-refractivity contribution in [2.45, 2.75) is 24.1 Å². The lowest BCUT2D eigenvalue weighted by atomic mass is 10.1. The van der Waals surface area contributed by atoms with Crippen LogP contribution in [0.5, 0.6) is 11.5 Å². The number of anilines is 1. The summed E-state index contributed by atoms with van der Waals surface area (Å²) in [5.41, 5.74) is 1.07. The smallest absolute Gasteiger partial charge is 0.496 e.